The third kappa shape index (κ3) is 2.74. The molecule has 1 atom stereocenters. The lowest BCUT2D eigenvalue weighted by Gasteiger charge is -2.13. The van der Waals surface area contributed by atoms with Crippen LogP contribution in [0.5, 0.6) is 5.75 Å². The van der Waals surface area contributed by atoms with Crippen LogP contribution in [0.2, 0.25) is 5.02 Å². The zero-order chi connectivity index (χ0) is 15.0. The van der Waals surface area contributed by atoms with Crippen LogP contribution in [0.25, 0.3) is 10.9 Å². The fourth-order valence-electron chi connectivity index (χ4n) is 2.00. The van der Waals surface area contributed by atoms with Crippen LogP contribution in [-0.4, -0.2) is 9.88 Å². The van der Waals surface area contributed by atoms with Gasteiger partial charge in [0.05, 0.1) is 21.2 Å². The predicted molar refractivity (Wildman–Crippen MR) is 87.5 cm³/mol. The first kappa shape index (κ1) is 14.7. The van der Waals surface area contributed by atoms with Gasteiger partial charge >= 0.3 is 7.60 Å². The van der Waals surface area contributed by atoms with Crippen molar-refractivity contribution in [3.8, 4) is 5.75 Å². The number of hydrogen-bond donors (Lipinski definition) is 2. The van der Waals surface area contributed by atoms with Crippen LogP contribution in [-0.2, 0) is 4.57 Å². The number of benzene rings is 2. The average Bonchev–Trinajstić information content (AvgIpc) is 2.87. The monoisotopic (exact) mass is 385 g/mol. The zero-order valence-corrected chi connectivity index (χ0v) is 13.8. The molecular formula is C14H10BrClNO3P. The summed E-state index contributed by atoms with van der Waals surface area (Å²) in [5, 5.41) is 1.22. The Balaban J connectivity index is 2.07. The minimum absolute atomic E-state index is 0.227. The lowest BCUT2D eigenvalue weighted by molar-refractivity contribution is 0.395. The summed E-state index contributed by atoms with van der Waals surface area (Å²) in [6.45, 7) is 0. The fraction of sp³-hybridized carbons (Fsp3) is 0. The molecule has 108 valence electrons. The zero-order valence-electron chi connectivity index (χ0n) is 10.6. The van der Waals surface area contributed by atoms with E-state index in [1.165, 1.54) is 6.20 Å². The van der Waals surface area contributed by atoms with Crippen molar-refractivity contribution in [3.05, 3.63) is 58.2 Å². The summed E-state index contributed by atoms with van der Waals surface area (Å²) < 4.78 is 18.4. The first-order valence-electron chi connectivity index (χ1n) is 6.02. The summed E-state index contributed by atoms with van der Waals surface area (Å²) >= 11 is 9.56. The molecular weight excluding hydrogens is 376 g/mol. The van der Waals surface area contributed by atoms with Gasteiger partial charge in [-0.2, -0.15) is 0 Å². The Hall–Kier alpha value is -1.26. The molecule has 1 aromatic heterocycles. The number of aromatic nitrogens is 1. The molecule has 4 nitrogen and oxygen atoms in total. The van der Waals surface area contributed by atoms with Crippen LogP contribution < -0.4 is 9.83 Å². The fourth-order valence-corrected chi connectivity index (χ4v) is 3.65. The molecule has 0 aliphatic heterocycles. The van der Waals surface area contributed by atoms with Gasteiger partial charge in [-0.1, -0.05) is 29.8 Å². The normalized spacial score (nSPS) is 14.0. The number of H-pyrrole nitrogens is 1. The van der Waals surface area contributed by atoms with Gasteiger partial charge in [0, 0.05) is 10.7 Å². The number of fused-ring (bicyclic) bond motifs is 1. The van der Waals surface area contributed by atoms with E-state index in [-0.39, 0.29) is 11.1 Å². The van der Waals surface area contributed by atoms with Gasteiger partial charge in [0.25, 0.3) is 0 Å². The Labute approximate surface area is 134 Å². The first-order valence-corrected chi connectivity index (χ1v) is 8.77. The van der Waals surface area contributed by atoms with Gasteiger partial charge in [0.2, 0.25) is 0 Å². The van der Waals surface area contributed by atoms with Gasteiger partial charge in [-0.25, -0.2) is 4.57 Å². The Bertz CT molecular complexity index is 850. The van der Waals surface area contributed by atoms with Gasteiger partial charge in [-0.15, -0.1) is 0 Å². The number of hydrogen-bond acceptors (Lipinski definition) is 2. The summed E-state index contributed by atoms with van der Waals surface area (Å²) in [4.78, 5) is 13.1. The molecule has 0 amide bonds. The summed E-state index contributed by atoms with van der Waals surface area (Å²) in [5.41, 5.74) is 0.728. The van der Waals surface area contributed by atoms with E-state index in [0.717, 1.165) is 5.52 Å². The Morgan fingerprint density at radius 1 is 1.19 bits per heavy atom. The Morgan fingerprint density at radius 3 is 2.62 bits per heavy atom. The van der Waals surface area contributed by atoms with Gasteiger partial charge in [-0.3, -0.25) is 0 Å². The largest absolute Gasteiger partial charge is 0.419 e. The molecule has 0 radical (unpaired) electrons. The van der Waals surface area contributed by atoms with Crippen molar-refractivity contribution in [2.45, 2.75) is 0 Å². The minimum atomic E-state index is -3.97. The summed E-state index contributed by atoms with van der Waals surface area (Å²) in [7, 11) is -3.97. The highest BCUT2D eigenvalue weighted by Crippen LogP contribution is 2.46. The van der Waals surface area contributed by atoms with Crippen molar-refractivity contribution in [1.29, 1.82) is 0 Å². The molecule has 0 spiro atoms. The van der Waals surface area contributed by atoms with E-state index in [2.05, 4.69) is 20.9 Å². The SMILES string of the molecule is O=P(O)(Oc1c[nH]c2ccc(Br)c(Cl)c12)c1ccccc1. The number of rotatable bonds is 3. The number of halogens is 2. The highest BCUT2D eigenvalue weighted by atomic mass is 79.9. The van der Waals surface area contributed by atoms with Crippen LogP contribution in [0.3, 0.4) is 0 Å². The molecule has 2 N–H and O–H groups in total. The maximum atomic E-state index is 12.4. The molecule has 1 unspecified atom stereocenters. The molecule has 1 heterocycles. The predicted octanol–water partition coefficient (Wildman–Crippen LogP) is 4.47. The van der Waals surface area contributed by atoms with Crippen LogP contribution in [0.15, 0.2) is 53.1 Å². The van der Waals surface area contributed by atoms with E-state index in [1.54, 1.807) is 36.4 Å². The molecule has 3 rings (SSSR count). The number of aromatic amines is 1. The Morgan fingerprint density at radius 2 is 1.90 bits per heavy atom. The maximum Gasteiger partial charge on any atom is 0.408 e. The van der Waals surface area contributed by atoms with Crippen molar-refractivity contribution in [2.75, 3.05) is 0 Å². The van der Waals surface area contributed by atoms with Crippen LogP contribution in [0.4, 0.5) is 0 Å². The van der Waals surface area contributed by atoms with Crippen molar-refractivity contribution >= 4 is 51.3 Å². The topological polar surface area (TPSA) is 62.3 Å². The van der Waals surface area contributed by atoms with Crippen LogP contribution in [0, 0.1) is 0 Å². The molecule has 0 bridgehead atoms. The molecule has 0 aliphatic rings. The summed E-state index contributed by atoms with van der Waals surface area (Å²) in [6, 6.07) is 11.8. The van der Waals surface area contributed by atoms with Crippen molar-refractivity contribution < 1.29 is 14.0 Å². The second kappa shape index (κ2) is 5.50. The van der Waals surface area contributed by atoms with E-state index in [9.17, 15) is 9.46 Å². The summed E-state index contributed by atoms with van der Waals surface area (Å²) in [5.74, 6) is 0.242. The maximum absolute atomic E-state index is 12.4. The Kier molecular flexibility index (Phi) is 3.84. The highest BCUT2D eigenvalue weighted by Gasteiger charge is 2.26. The van der Waals surface area contributed by atoms with Gasteiger partial charge in [-0.05, 0) is 40.2 Å². The molecule has 0 saturated carbocycles. The lowest BCUT2D eigenvalue weighted by Crippen LogP contribution is -2.08. The van der Waals surface area contributed by atoms with Crippen molar-refractivity contribution in [3.63, 3.8) is 0 Å². The van der Waals surface area contributed by atoms with Crippen LogP contribution >= 0.6 is 35.1 Å². The average molecular weight is 387 g/mol. The minimum Gasteiger partial charge on any atom is -0.419 e. The first-order chi connectivity index (χ1) is 9.99. The molecule has 0 aliphatic carbocycles. The number of nitrogens with one attached hydrogen (secondary N) is 1. The summed E-state index contributed by atoms with van der Waals surface area (Å²) in [6.07, 6.45) is 1.52. The van der Waals surface area contributed by atoms with Crippen LogP contribution in [0.1, 0.15) is 0 Å². The van der Waals surface area contributed by atoms with E-state index < -0.39 is 7.60 Å². The molecule has 3 aromatic rings. The van der Waals surface area contributed by atoms with Gasteiger partial charge in [0.1, 0.15) is 0 Å². The molecule has 7 heteroatoms. The third-order valence-electron chi connectivity index (χ3n) is 3.00. The second-order valence-electron chi connectivity index (χ2n) is 4.38. The van der Waals surface area contributed by atoms with Crippen molar-refractivity contribution in [1.82, 2.24) is 4.98 Å². The molecule has 2 aromatic carbocycles. The standard InChI is InChI=1S/C14H10BrClNO3P/c15-10-6-7-11-13(14(10)16)12(8-17-11)20-21(18,19)9-4-2-1-3-5-9/h1-8,17H,(H,18,19). The van der Waals surface area contributed by atoms with E-state index >= 15 is 0 Å². The van der Waals surface area contributed by atoms with E-state index in [0.29, 0.717) is 14.9 Å². The molecule has 21 heavy (non-hydrogen) atoms. The highest BCUT2D eigenvalue weighted by molar-refractivity contribution is 9.10. The quantitative estimate of drug-likeness (QED) is 0.653. The smallest absolute Gasteiger partial charge is 0.408 e. The van der Waals surface area contributed by atoms with Gasteiger partial charge in [0.15, 0.2) is 5.75 Å². The molecule has 0 saturated heterocycles. The van der Waals surface area contributed by atoms with E-state index in [1.807, 2.05) is 6.07 Å². The van der Waals surface area contributed by atoms with Gasteiger partial charge < -0.3 is 14.4 Å². The van der Waals surface area contributed by atoms with Crippen molar-refractivity contribution in [2.24, 2.45) is 0 Å². The lowest BCUT2D eigenvalue weighted by atomic mass is 10.2. The molecule has 0 fully saturated rings. The third-order valence-corrected chi connectivity index (χ3v) is 5.68. The second-order valence-corrected chi connectivity index (χ2v) is 7.36. The van der Waals surface area contributed by atoms with E-state index in [4.69, 9.17) is 16.1 Å².